The molecule has 0 aliphatic carbocycles. The van der Waals surface area contributed by atoms with Gasteiger partial charge in [-0.3, -0.25) is 0 Å². The van der Waals surface area contributed by atoms with Crippen LogP contribution in [0.4, 0.5) is 0 Å². The fourth-order valence-electron chi connectivity index (χ4n) is 9.38. The summed E-state index contributed by atoms with van der Waals surface area (Å²) in [5.74, 6) is 0. The maximum Gasteiger partial charge on any atom is 0.135 e. The highest BCUT2D eigenvalue weighted by Gasteiger charge is 2.18. The maximum atomic E-state index is 6.52. The molecule has 0 N–H and O–H groups in total. The monoisotopic (exact) mass is 668 g/mol. The quantitative estimate of drug-likeness (QED) is 0.161. The van der Waals surface area contributed by atoms with E-state index in [4.69, 9.17) is 8.83 Å². The van der Waals surface area contributed by atoms with Crippen LogP contribution in [0.3, 0.4) is 0 Å². The first-order chi connectivity index (χ1) is 25.6. The van der Waals surface area contributed by atoms with E-state index in [0.29, 0.717) is 0 Å². The first-order valence-electron chi connectivity index (χ1n) is 17.7. The van der Waals surface area contributed by atoms with Crippen molar-refractivity contribution in [2.24, 2.45) is 0 Å². The van der Waals surface area contributed by atoms with Crippen LogP contribution in [0.2, 0.25) is 0 Å². The van der Waals surface area contributed by atoms with Crippen molar-refractivity contribution in [2.45, 2.75) is 13.8 Å². The SMILES string of the molecule is Cc1c2c3ccc1n1ccc4ccc5ccn(c6ccc7oc8ccc(cc8c7c6C)n6ccc7ccc8ccn(c9ccc(o3)c2c9)c8c76)c5c41. The zero-order valence-corrected chi connectivity index (χ0v) is 28.3. The molecule has 0 saturated heterocycles. The summed E-state index contributed by atoms with van der Waals surface area (Å²) in [7, 11) is 0. The largest absolute Gasteiger partial charge is 0.456 e. The van der Waals surface area contributed by atoms with Gasteiger partial charge in [0.25, 0.3) is 0 Å². The van der Waals surface area contributed by atoms with Gasteiger partial charge in [-0.25, -0.2) is 0 Å². The lowest BCUT2D eigenvalue weighted by atomic mass is 10.1. The van der Waals surface area contributed by atoms with Crippen LogP contribution in [0, 0.1) is 13.8 Å². The molecule has 0 saturated carbocycles. The molecule has 52 heavy (non-hydrogen) atoms. The Morgan fingerprint density at radius 3 is 1.15 bits per heavy atom. The number of aromatic nitrogens is 4. The van der Waals surface area contributed by atoms with Gasteiger partial charge in [0.15, 0.2) is 0 Å². The van der Waals surface area contributed by atoms with Crippen LogP contribution >= 0.6 is 0 Å². The number of rotatable bonds is 0. The molecule has 13 rings (SSSR count). The highest BCUT2D eigenvalue weighted by molar-refractivity contribution is 6.14. The Bertz CT molecular complexity index is 3530. The second kappa shape index (κ2) is 9.05. The second-order valence-corrected chi connectivity index (χ2v) is 14.4. The Morgan fingerprint density at radius 1 is 0.365 bits per heavy atom. The fraction of sp³-hybridized carbons (Fsp3) is 0.0435. The Labute approximate surface area is 294 Å². The van der Waals surface area contributed by atoms with Crippen LogP contribution in [0.15, 0.2) is 143 Å². The van der Waals surface area contributed by atoms with Gasteiger partial charge in [-0.15, -0.1) is 0 Å². The number of aryl methyl sites for hydroxylation is 2. The van der Waals surface area contributed by atoms with E-state index in [0.717, 1.165) is 65.9 Å². The van der Waals surface area contributed by atoms with Crippen molar-refractivity contribution >= 4 is 110 Å². The number of hydrogen-bond acceptors (Lipinski definition) is 2. The van der Waals surface area contributed by atoms with Crippen LogP contribution in [0.1, 0.15) is 11.1 Å². The van der Waals surface area contributed by atoms with Crippen LogP contribution in [-0.4, -0.2) is 17.6 Å². The van der Waals surface area contributed by atoms with Gasteiger partial charge in [-0.05, 0) is 110 Å². The van der Waals surface area contributed by atoms with Crippen LogP contribution in [0.25, 0.3) is 110 Å². The van der Waals surface area contributed by atoms with Gasteiger partial charge in [0, 0.05) is 89.9 Å². The third kappa shape index (κ3) is 3.17. The van der Waals surface area contributed by atoms with E-state index < -0.39 is 0 Å². The van der Waals surface area contributed by atoms with Crippen molar-refractivity contribution in [3.05, 3.63) is 145 Å². The summed E-state index contributed by atoms with van der Waals surface area (Å²) >= 11 is 0. The Morgan fingerprint density at radius 2 is 0.731 bits per heavy atom. The van der Waals surface area contributed by atoms with Crippen molar-refractivity contribution in [3.8, 4) is 0 Å². The third-order valence-electron chi connectivity index (χ3n) is 11.8. The third-order valence-corrected chi connectivity index (χ3v) is 11.8. The molecule has 0 aliphatic heterocycles. The van der Waals surface area contributed by atoms with E-state index in [1.807, 2.05) is 0 Å². The average Bonchev–Trinajstić information content (AvgIpc) is 4.00. The van der Waals surface area contributed by atoms with E-state index in [9.17, 15) is 0 Å². The second-order valence-electron chi connectivity index (χ2n) is 14.4. The summed E-state index contributed by atoms with van der Waals surface area (Å²) in [6.07, 6.45) is 8.81. The number of fused-ring (bicyclic) bond motifs is 8. The van der Waals surface area contributed by atoms with Crippen molar-refractivity contribution in [1.29, 1.82) is 0 Å². The predicted octanol–water partition coefficient (Wildman–Crippen LogP) is 12.3. The minimum Gasteiger partial charge on any atom is -0.456 e. The lowest BCUT2D eigenvalue weighted by Gasteiger charge is -2.08. The minimum atomic E-state index is 0.884. The standard InChI is InChI=1S/C46H28N4O2/c1-25-35-9-13-39-41(25)33-23-31(7-11-37(33)51-39)47-19-15-27-3-4-28-16-20-48(44(28)43(27)47)32-8-12-38-34(24-32)42-26(2)36(10-14-40(42)52-38)50-22-18-30-6-5-29-17-21-49(35)45(29)46(30)50/h3-24H,1-2H3. The van der Waals surface area contributed by atoms with Gasteiger partial charge in [-0.2, -0.15) is 0 Å². The van der Waals surface area contributed by atoms with Gasteiger partial charge < -0.3 is 26.4 Å². The van der Waals surface area contributed by atoms with Crippen LogP contribution < -0.4 is 0 Å². The molecule has 0 radical (unpaired) electrons. The van der Waals surface area contributed by atoms with E-state index >= 15 is 0 Å². The van der Waals surface area contributed by atoms with Crippen molar-refractivity contribution in [2.75, 3.05) is 0 Å². The van der Waals surface area contributed by atoms with Crippen molar-refractivity contribution in [3.63, 3.8) is 0 Å². The van der Waals surface area contributed by atoms with Gasteiger partial charge in [0.1, 0.15) is 22.3 Å². The molecule has 6 aromatic carbocycles. The summed E-state index contributed by atoms with van der Waals surface area (Å²) in [6.45, 7) is 4.46. The molecule has 244 valence electrons. The normalized spacial score (nSPS) is 12.8. The summed E-state index contributed by atoms with van der Waals surface area (Å²) in [5, 5.41) is 9.26. The number of hydrogen-bond donors (Lipinski definition) is 0. The number of furan rings is 2. The highest BCUT2D eigenvalue weighted by atomic mass is 16.3. The van der Waals surface area contributed by atoms with E-state index in [-0.39, 0.29) is 0 Å². The number of nitrogens with zero attached hydrogens (tertiary/aromatic N) is 4. The topological polar surface area (TPSA) is 43.9 Å². The Hall–Kier alpha value is -6.92. The van der Waals surface area contributed by atoms with Gasteiger partial charge in [0.05, 0.1) is 22.1 Å². The molecule has 0 aliphatic rings. The first kappa shape index (κ1) is 26.9. The fourth-order valence-corrected chi connectivity index (χ4v) is 9.38. The summed E-state index contributed by atoms with van der Waals surface area (Å²) in [6, 6.07) is 39.7. The lowest BCUT2D eigenvalue weighted by Crippen LogP contribution is -1.92. The highest BCUT2D eigenvalue weighted by Crippen LogP contribution is 2.39. The zero-order chi connectivity index (χ0) is 34.0. The maximum absolute atomic E-state index is 6.52. The average molecular weight is 669 g/mol. The molecule has 0 unspecified atom stereocenters. The van der Waals surface area contributed by atoms with Crippen molar-refractivity contribution < 1.29 is 8.83 Å². The first-order valence-corrected chi connectivity index (χ1v) is 17.7. The Balaban J connectivity index is 1.34. The summed E-state index contributed by atoms with van der Waals surface area (Å²) in [5.41, 5.74) is 15.1. The molecular formula is C46H28N4O2. The molecular weight excluding hydrogens is 641 g/mol. The molecule has 7 heterocycles. The summed E-state index contributed by atoms with van der Waals surface area (Å²) < 4.78 is 22.4. The van der Waals surface area contributed by atoms with Crippen LogP contribution in [-0.2, 0) is 0 Å². The molecule has 6 nitrogen and oxygen atoms in total. The number of benzene rings is 6. The smallest absolute Gasteiger partial charge is 0.135 e. The molecule has 6 heteroatoms. The van der Waals surface area contributed by atoms with Crippen molar-refractivity contribution in [1.82, 2.24) is 17.6 Å². The van der Waals surface area contributed by atoms with Gasteiger partial charge >= 0.3 is 0 Å². The van der Waals surface area contributed by atoms with Gasteiger partial charge in [-0.1, -0.05) is 24.3 Å². The predicted molar refractivity (Wildman–Crippen MR) is 213 cm³/mol. The zero-order valence-electron chi connectivity index (χ0n) is 28.3. The van der Waals surface area contributed by atoms with E-state index in [1.54, 1.807) is 0 Å². The molecule has 7 aromatic heterocycles. The Kier molecular flexibility index (Phi) is 4.68. The molecule has 8 bridgehead atoms. The molecule has 0 fully saturated rings. The summed E-state index contributed by atoms with van der Waals surface area (Å²) in [4.78, 5) is 0. The molecule has 0 atom stereocenters. The molecule has 0 spiro atoms. The van der Waals surface area contributed by atoms with E-state index in [2.05, 4.69) is 165 Å². The molecule has 0 amide bonds. The van der Waals surface area contributed by atoms with Crippen LogP contribution in [0.5, 0.6) is 0 Å². The minimum absolute atomic E-state index is 0.884. The van der Waals surface area contributed by atoms with Gasteiger partial charge in [0.2, 0.25) is 0 Å². The molecule has 13 aromatic rings. The lowest BCUT2D eigenvalue weighted by molar-refractivity contribution is 0.668. The van der Waals surface area contributed by atoms with E-state index in [1.165, 1.54) is 54.7 Å².